The molecule has 33 heavy (non-hydrogen) atoms. The van der Waals surface area contributed by atoms with Crippen molar-refractivity contribution in [2.45, 2.75) is 51.3 Å². The van der Waals surface area contributed by atoms with E-state index in [2.05, 4.69) is 0 Å². The van der Waals surface area contributed by atoms with Gasteiger partial charge in [-0.25, -0.2) is 17.5 Å². The van der Waals surface area contributed by atoms with Crippen LogP contribution in [-0.4, -0.2) is 55.9 Å². The second kappa shape index (κ2) is 10.8. The summed E-state index contributed by atoms with van der Waals surface area (Å²) in [6, 6.07) is 11.4. The van der Waals surface area contributed by atoms with Gasteiger partial charge in [0.15, 0.2) is 0 Å². The van der Waals surface area contributed by atoms with E-state index in [-0.39, 0.29) is 6.54 Å². The molecule has 0 bridgehead atoms. The second-order valence-corrected chi connectivity index (χ2v) is 11.9. The van der Waals surface area contributed by atoms with Crippen LogP contribution in [0.5, 0.6) is 11.5 Å². The van der Waals surface area contributed by atoms with Crippen molar-refractivity contribution in [1.82, 2.24) is 9.21 Å². The largest absolute Gasteiger partial charge is 0.457 e. The Labute approximate surface area is 202 Å². The zero-order chi connectivity index (χ0) is 25.0. The second-order valence-electron chi connectivity index (χ2n) is 9.16. The fourth-order valence-corrected chi connectivity index (χ4v) is 4.38. The first-order valence-electron chi connectivity index (χ1n) is 10.5. The van der Waals surface area contributed by atoms with Gasteiger partial charge in [0.2, 0.25) is 10.0 Å². The summed E-state index contributed by atoms with van der Waals surface area (Å²) in [6.07, 6.45) is 2.11. The summed E-state index contributed by atoms with van der Waals surface area (Å²) in [4.78, 5) is 15.8. The van der Waals surface area contributed by atoms with E-state index in [0.717, 1.165) is 21.7 Å². The molecule has 0 spiro atoms. The zero-order valence-electron chi connectivity index (χ0n) is 20.6. The van der Waals surface area contributed by atoms with Gasteiger partial charge >= 0.3 is 6.09 Å². The molecule has 182 valence electrons. The molecule has 0 aliphatic rings. The first kappa shape index (κ1) is 27.0. The fourth-order valence-electron chi connectivity index (χ4n) is 3.10. The van der Waals surface area contributed by atoms with E-state index < -0.39 is 21.7 Å². The standard InChI is InChI=1S/C24H34N2O5S2/c1-17-13-20(11-12-22(17)32-7)30-21-14-18(9-10-19(21)16-25(5)6)15-26(33(8,28)29)23(27)31-24(2,3)4/h9-14H,15-16H2,1-8H3. The van der Waals surface area contributed by atoms with E-state index in [0.29, 0.717) is 23.6 Å². The molecule has 1 amide bonds. The normalized spacial score (nSPS) is 12.0. The maximum atomic E-state index is 12.6. The van der Waals surface area contributed by atoms with E-state index in [4.69, 9.17) is 9.47 Å². The molecule has 7 nitrogen and oxygen atoms in total. The van der Waals surface area contributed by atoms with Crippen molar-refractivity contribution in [2.24, 2.45) is 0 Å². The molecule has 0 aromatic heterocycles. The van der Waals surface area contributed by atoms with Crippen LogP contribution in [0, 0.1) is 6.92 Å². The highest BCUT2D eigenvalue weighted by Gasteiger charge is 2.29. The lowest BCUT2D eigenvalue weighted by atomic mass is 10.1. The number of hydrogen-bond donors (Lipinski definition) is 0. The smallest absolute Gasteiger partial charge is 0.424 e. The highest BCUT2D eigenvalue weighted by Crippen LogP contribution is 2.31. The Hall–Kier alpha value is -2.23. The molecule has 0 fully saturated rings. The van der Waals surface area contributed by atoms with Gasteiger partial charge < -0.3 is 14.4 Å². The summed E-state index contributed by atoms with van der Waals surface area (Å²) < 4.78 is 36.9. The van der Waals surface area contributed by atoms with E-state index >= 15 is 0 Å². The summed E-state index contributed by atoms with van der Waals surface area (Å²) in [5.41, 5.74) is 1.85. The van der Waals surface area contributed by atoms with Crippen LogP contribution in [0.2, 0.25) is 0 Å². The lowest BCUT2D eigenvalue weighted by molar-refractivity contribution is 0.0382. The third-order valence-corrected chi connectivity index (χ3v) is 6.51. The predicted molar refractivity (Wildman–Crippen MR) is 133 cm³/mol. The Morgan fingerprint density at radius 1 is 1.06 bits per heavy atom. The number of thioether (sulfide) groups is 1. The molecule has 9 heteroatoms. The van der Waals surface area contributed by atoms with E-state index in [1.165, 1.54) is 4.90 Å². The van der Waals surface area contributed by atoms with Gasteiger partial charge in [-0.15, -0.1) is 11.8 Å². The Bertz CT molecular complexity index is 1090. The first-order chi connectivity index (χ1) is 15.2. The van der Waals surface area contributed by atoms with Gasteiger partial charge in [-0.2, -0.15) is 0 Å². The molecular formula is C24H34N2O5S2. The van der Waals surface area contributed by atoms with Crippen molar-refractivity contribution in [3.63, 3.8) is 0 Å². The fraction of sp³-hybridized carbons (Fsp3) is 0.458. The van der Waals surface area contributed by atoms with Crippen molar-refractivity contribution >= 4 is 27.9 Å². The van der Waals surface area contributed by atoms with Crippen LogP contribution in [-0.2, 0) is 27.8 Å². The minimum atomic E-state index is -3.84. The number of carbonyl (C=O) groups excluding carboxylic acids is 1. The highest BCUT2D eigenvalue weighted by atomic mass is 32.2. The van der Waals surface area contributed by atoms with Crippen molar-refractivity contribution in [2.75, 3.05) is 26.6 Å². The Kier molecular flexibility index (Phi) is 8.84. The van der Waals surface area contributed by atoms with Crippen LogP contribution in [0.1, 0.15) is 37.5 Å². The third-order valence-electron chi connectivity index (χ3n) is 4.54. The van der Waals surface area contributed by atoms with Crippen LogP contribution in [0.4, 0.5) is 4.79 Å². The molecule has 2 aromatic carbocycles. The van der Waals surface area contributed by atoms with Gasteiger partial charge in [0, 0.05) is 17.0 Å². The minimum absolute atomic E-state index is 0.156. The van der Waals surface area contributed by atoms with Crippen LogP contribution in [0.3, 0.4) is 0 Å². The number of aryl methyl sites for hydroxylation is 1. The molecule has 0 saturated carbocycles. The quantitative estimate of drug-likeness (QED) is 0.463. The number of carbonyl (C=O) groups is 1. The molecule has 0 saturated heterocycles. The SMILES string of the molecule is CSc1ccc(Oc2cc(CN(C(=O)OC(C)(C)C)S(C)(=O)=O)ccc2CN(C)C)cc1C. The first-order valence-corrected chi connectivity index (χ1v) is 13.6. The highest BCUT2D eigenvalue weighted by molar-refractivity contribution is 7.98. The molecule has 0 unspecified atom stereocenters. The summed E-state index contributed by atoms with van der Waals surface area (Å²) in [5, 5.41) is 0. The third kappa shape index (κ3) is 8.24. The van der Waals surface area contributed by atoms with Crippen LogP contribution in [0.15, 0.2) is 41.3 Å². The topological polar surface area (TPSA) is 76.1 Å². The molecule has 2 aromatic rings. The van der Waals surface area contributed by atoms with E-state index in [1.54, 1.807) is 44.7 Å². The van der Waals surface area contributed by atoms with Gasteiger partial charge in [-0.05, 0) is 83.4 Å². The lowest BCUT2D eigenvalue weighted by Crippen LogP contribution is -2.39. The van der Waals surface area contributed by atoms with Crippen molar-refractivity contribution < 1.29 is 22.7 Å². The Balaban J connectivity index is 2.41. The van der Waals surface area contributed by atoms with Crippen molar-refractivity contribution in [3.8, 4) is 11.5 Å². The van der Waals surface area contributed by atoms with Gasteiger partial charge in [0.05, 0.1) is 12.8 Å². The molecule has 0 radical (unpaired) electrons. The molecule has 0 atom stereocenters. The number of nitrogens with zero attached hydrogens (tertiary/aromatic N) is 2. The van der Waals surface area contributed by atoms with E-state index in [1.807, 2.05) is 56.4 Å². The zero-order valence-corrected chi connectivity index (χ0v) is 22.3. The maximum absolute atomic E-state index is 12.6. The molecule has 0 aliphatic heterocycles. The van der Waals surface area contributed by atoms with Gasteiger partial charge in [0.25, 0.3) is 0 Å². The average Bonchev–Trinajstić information content (AvgIpc) is 2.65. The number of ether oxygens (including phenoxy) is 2. The summed E-state index contributed by atoms with van der Waals surface area (Å²) in [7, 11) is 0.0811. The lowest BCUT2D eigenvalue weighted by Gasteiger charge is -2.26. The van der Waals surface area contributed by atoms with E-state index in [9.17, 15) is 13.2 Å². The van der Waals surface area contributed by atoms with Crippen LogP contribution in [0.25, 0.3) is 0 Å². The maximum Gasteiger partial charge on any atom is 0.424 e. The number of rotatable bonds is 8. The molecular weight excluding hydrogens is 460 g/mol. The monoisotopic (exact) mass is 494 g/mol. The van der Waals surface area contributed by atoms with Gasteiger partial charge in [-0.3, -0.25) is 0 Å². The minimum Gasteiger partial charge on any atom is -0.457 e. The molecule has 0 heterocycles. The molecule has 0 aliphatic carbocycles. The van der Waals surface area contributed by atoms with Crippen molar-refractivity contribution in [1.29, 1.82) is 0 Å². The number of benzene rings is 2. The van der Waals surface area contributed by atoms with Crippen LogP contribution >= 0.6 is 11.8 Å². The number of sulfonamides is 1. The summed E-state index contributed by atoms with van der Waals surface area (Å²) >= 11 is 1.67. The molecule has 0 N–H and O–H groups in total. The summed E-state index contributed by atoms with van der Waals surface area (Å²) in [5.74, 6) is 1.30. The predicted octanol–water partition coefficient (Wildman–Crippen LogP) is 5.27. The molecule has 2 rings (SSSR count). The van der Waals surface area contributed by atoms with Crippen molar-refractivity contribution in [3.05, 3.63) is 53.1 Å². The van der Waals surface area contributed by atoms with Gasteiger partial charge in [0.1, 0.15) is 17.1 Å². The Morgan fingerprint density at radius 2 is 1.73 bits per heavy atom. The number of hydrogen-bond acceptors (Lipinski definition) is 7. The Morgan fingerprint density at radius 3 is 2.24 bits per heavy atom. The average molecular weight is 495 g/mol. The van der Waals surface area contributed by atoms with Gasteiger partial charge in [-0.1, -0.05) is 12.1 Å². The van der Waals surface area contributed by atoms with Crippen LogP contribution < -0.4 is 4.74 Å². The number of amides is 1. The summed E-state index contributed by atoms with van der Waals surface area (Å²) in [6.45, 7) is 7.59.